The predicted molar refractivity (Wildman–Crippen MR) is 89.4 cm³/mol. The average Bonchev–Trinajstić information content (AvgIpc) is 2.86. The molecule has 1 saturated heterocycles. The molecule has 0 unspecified atom stereocenters. The van der Waals surface area contributed by atoms with E-state index in [1.165, 1.54) is 11.1 Å². The Balaban J connectivity index is 1.75. The van der Waals surface area contributed by atoms with Crippen molar-refractivity contribution in [2.75, 3.05) is 12.4 Å². The van der Waals surface area contributed by atoms with Crippen LogP contribution >= 0.6 is 0 Å². The predicted octanol–water partition coefficient (Wildman–Crippen LogP) is 3.35. The Morgan fingerprint density at radius 3 is 2.70 bits per heavy atom. The monoisotopic (exact) mass is 308 g/mol. The number of carbonyl (C=O) groups excluding carboxylic acids is 1. The summed E-state index contributed by atoms with van der Waals surface area (Å²) < 4.78 is 5.26. The molecule has 2 aliphatic rings. The van der Waals surface area contributed by atoms with Gasteiger partial charge in [0.1, 0.15) is 5.75 Å². The number of benzene rings is 2. The molecule has 0 bridgehead atoms. The first-order chi connectivity index (χ1) is 11.3. The molecule has 23 heavy (non-hydrogen) atoms. The van der Waals surface area contributed by atoms with Gasteiger partial charge in [0.25, 0.3) is 0 Å². The lowest BCUT2D eigenvalue weighted by atomic mass is 9.97. The van der Waals surface area contributed by atoms with Gasteiger partial charge in [0, 0.05) is 18.7 Å². The Morgan fingerprint density at radius 2 is 1.91 bits per heavy atom. The molecule has 2 aromatic rings. The minimum atomic E-state index is 0.107. The highest BCUT2D eigenvalue weighted by atomic mass is 16.5. The lowest BCUT2D eigenvalue weighted by molar-refractivity contribution is -0.129. The van der Waals surface area contributed by atoms with Crippen LogP contribution in [-0.2, 0) is 11.3 Å². The number of amides is 1. The molecule has 4 heteroatoms. The van der Waals surface area contributed by atoms with Crippen LogP contribution < -0.4 is 10.1 Å². The van der Waals surface area contributed by atoms with E-state index in [1.807, 2.05) is 29.2 Å². The Hall–Kier alpha value is -2.49. The summed E-state index contributed by atoms with van der Waals surface area (Å²) in [5, 5.41) is 3.67. The molecule has 2 atom stereocenters. The number of nitrogens with one attached hydrogen (secondary N) is 1. The van der Waals surface area contributed by atoms with Gasteiger partial charge >= 0.3 is 0 Å². The molecule has 0 aromatic heterocycles. The summed E-state index contributed by atoms with van der Waals surface area (Å²) in [5.41, 5.74) is 3.49. The second-order valence-electron chi connectivity index (χ2n) is 6.18. The number of nitrogens with zero attached hydrogens (tertiary/aromatic N) is 1. The van der Waals surface area contributed by atoms with Crippen LogP contribution in [0.2, 0.25) is 0 Å². The van der Waals surface area contributed by atoms with Crippen LogP contribution in [0.25, 0.3) is 0 Å². The van der Waals surface area contributed by atoms with Gasteiger partial charge in [-0.25, -0.2) is 0 Å². The summed E-state index contributed by atoms with van der Waals surface area (Å²) in [7, 11) is 1.67. The van der Waals surface area contributed by atoms with Crippen molar-refractivity contribution in [1.82, 2.24) is 4.90 Å². The normalized spacial score (nSPS) is 22.8. The Bertz CT molecular complexity index is 726. The second kappa shape index (κ2) is 5.61. The van der Waals surface area contributed by atoms with E-state index >= 15 is 0 Å². The lowest BCUT2D eigenvalue weighted by Gasteiger charge is -2.30. The van der Waals surface area contributed by atoms with E-state index in [9.17, 15) is 4.79 Å². The number of anilines is 1. The molecule has 2 aromatic carbocycles. The number of methoxy groups -OCH3 is 1. The molecule has 0 radical (unpaired) electrons. The number of hydrogen-bond donors (Lipinski definition) is 1. The summed E-state index contributed by atoms with van der Waals surface area (Å²) in [6, 6.07) is 16.7. The van der Waals surface area contributed by atoms with Crippen LogP contribution in [0.5, 0.6) is 5.75 Å². The van der Waals surface area contributed by atoms with Crippen molar-refractivity contribution in [3.8, 4) is 5.75 Å². The molecule has 4 rings (SSSR count). The smallest absolute Gasteiger partial charge is 0.223 e. The minimum absolute atomic E-state index is 0.107. The SMILES string of the molecule is COc1ccc([C@H]2Nc3ccccc3CN3C(=O)CC[C@@H]23)cc1. The van der Waals surface area contributed by atoms with Crippen molar-refractivity contribution in [1.29, 1.82) is 0 Å². The maximum atomic E-state index is 12.3. The fraction of sp³-hybridized carbons (Fsp3) is 0.316. The first-order valence-corrected chi connectivity index (χ1v) is 8.04. The van der Waals surface area contributed by atoms with Crippen LogP contribution in [0.1, 0.15) is 30.0 Å². The summed E-state index contributed by atoms with van der Waals surface area (Å²) in [5.74, 6) is 1.11. The van der Waals surface area contributed by atoms with E-state index < -0.39 is 0 Å². The average molecular weight is 308 g/mol. The molecule has 0 saturated carbocycles. The molecule has 2 aliphatic heterocycles. The highest BCUT2D eigenvalue weighted by Gasteiger charge is 2.39. The van der Waals surface area contributed by atoms with Gasteiger partial charge in [-0.1, -0.05) is 30.3 Å². The largest absolute Gasteiger partial charge is 0.497 e. The van der Waals surface area contributed by atoms with E-state index in [0.29, 0.717) is 13.0 Å². The number of fused-ring (bicyclic) bond motifs is 2. The Labute approximate surface area is 136 Å². The second-order valence-corrected chi connectivity index (χ2v) is 6.18. The van der Waals surface area contributed by atoms with E-state index in [4.69, 9.17) is 4.74 Å². The van der Waals surface area contributed by atoms with Crippen LogP contribution in [0.4, 0.5) is 5.69 Å². The number of ether oxygens (including phenoxy) is 1. The molecule has 4 nitrogen and oxygen atoms in total. The molecular formula is C19H20N2O2. The van der Waals surface area contributed by atoms with E-state index in [2.05, 4.69) is 29.6 Å². The van der Waals surface area contributed by atoms with Gasteiger partial charge in [-0.3, -0.25) is 4.79 Å². The Morgan fingerprint density at radius 1 is 1.13 bits per heavy atom. The number of para-hydroxylation sites is 1. The first-order valence-electron chi connectivity index (χ1n) is 8.04. The zero-order valence-corrected chi connectivity index (χ0v) is 13.2. The summed E-state index contributed by atoms with van der Waals surface area (Å²) in [6.07, 6.45) is 1.54. The van der Waals surface area contributed by atoms with Crippen molar-refractivity contribution in [3.05, 3.63) is 59.7 Å². The summed E-state index contributed by atoms with van der Waals surface area (Å²) >= 11 is 0. The first kappa shape index (κ1) is 14.1. The van der Waals surface area contributed by atoms with Gasteiger partial charge in [0.05, 0.1) is 19.2 Å². The lowest BCUT2D eigenvalue weighted by Crippen LogP contribution is -2.37. The third kappa shape index (κ3) is 2.44. The van der Waals surface area contributed by atoms with Crippen molar-refractivity contribution in [2.45, 2.75) is 31.5 Å². The molecule has 0 aliphatic carbocycles. The zero-order chi connectivity index (χ0) is 15.8. The molecule has 1 N–H and O–H groups in total. The van der Waals surface area contributed by atoms with Gasteiger partial charge in [-0.15, -0.1) is 0 Å². The molecule has 1 amide bonds. The third-order valence-corrected chi connectivity index (χ3v) is 4.90. The van der Waals surface area contributed by atoms with E-state index in [-0.39, 0.29) is 18.0 Å². The van der Waals surface area contributed by atoms with Gasteiger partial charge in [-0.05, 0) is 35.7 Å². The standard InChI is InChI=1S/C19H20N2O2/c1-23-15-8-6-13(7-9-15)19-17-10-11-18(22)21(17)12-14-4-2-3-5-16(14)20-19/h2-9,17,19-20H,10-12H2,1H3/t17-,19+/m0/s1. The number of rotatable bonds is 2. The quantitative estimate of drug-likeness (QED) is 0.925. The van der Waals surface area contributed by atoms with Crippen LogP contribution in [0.3, 0.4) is 0 Å². The maximum absolute atomic E-state index is 12.3. The maximum Gasteiger partial charge on any atom is 0.223 e. The highest BCUT2D eigenvalue weighted by Crippen LogP contribution is 2.38. The van der Waals surface area contributed by atoms with Gasteiger partial charge < -0.3 is 15.0 Å². The fourth-order valence-corrected chi connectivity index (χ4v) is 3.67. The van der Waals surface area contributed by atoms with E-state index in [1.54, 1.807) is 7.11 Å². The van der Waals surface area contributed by atoms with Crippen molar-refractivity contribution in [2.24, 2.45) is 0 Å². The molecular weight excluding hydrogens is 288 g/mol. The molecule has 118 valence electrons. The van der Waals surface area contributed by atoms with Crippen LogP contribution in [0, 0.1) is 0 Å². The fourth-order valence-electron chi connectivity index (χ4n) is 3.67. The third-order valence-electron chi connectivity index (χ3n) is 4.90. The number of carbonyl (C=O) groups is 1. The van der Waals surface area contributed by atoms with Gasteiger partial charge in [0.2, 0.25) is 5.91 Å². The number of hydrogen-bond acceptors (Lipinski definition) is 3. The van der Waals surface area contributed by atoms with Crippen molar-refractivity contribution >= 4 is 11.6 Å². The molecule has 1 fully saturated rings. The minimum Gasteiger partial charge on any atom is -0.497 e. The zero-order valence-electron chi connectivity index (χ0n) is 13.2. The topological polar surface area (TPSA) is 41.6 Å². The van der Waals surface area contributed by atoms with Gasteiger partial charge in [-0.2, -0.15) is 0 Å². The highest BCUT2D eigenvalue weighted by molar-refractivity contribution is 5.80. The van der Waals surface area contributed by atoms with Crippen LogP contribution in [-0.4, -0.2) is 24.0 Å². The molecule has 0 spiro atoms. The Kier molecular flexibility index (Phi) is 3.45. The van der Waals surface area contributed by atoms with Gasteiger partial charge in [0.15, 0.2) is 0 Å². The van der Waals surface area contributed by atoms with Crippen LogP contribution in [0.15, 0.2) is 48.5 Å². The molecule has 2 heterocycles. The summed E-state index contributed by atoms with van der Waals surface area (Å²) in [4.78, 5) is 14.4. The van der Waals surface area contributed by atoms with Crippen molar-refractivity contribution < 1.29 is 9.53 Å². The van der Waals surface area contributed by atoms with E-state index in [0.717, 1.165) is 17.9 Å². The van der Waals surface area contributed by atoms with Crippen molar-refractivity contribution in [3.63, 3.8) is 0 Å². The summed E-state index contributed by atoms with van der Waals surface area (Å²) in [6.45, 7) is 0.694.